The van der Waals surface area contributed by atoms with Crippen LogP contribution < -0.4 is 5.56 Å². The van der Waals surface area contributed by atoms with Crippen LogP contribution in [0.1, 0.15) is 17.4 Å². The third-order valence-corrected chi connectivity index (χ3v) is 5.24. The zero-order valence-corrected chi connectivity index (χ0v) is 16.2. The van der Waals surface area contributed by atoms with E-state index in [0.717, 1.165) is 4.90 Å². The van der Waals surface area contributed by atoms with Crippen LogP contribution in [0.25, 0.3) is 11.0 Å². The molecule has 4 aromatic rings. The quantitative estimate of drug-likeness (QED) is 0.474. The van der Waals surface area contributed by atoms with Gasteiger partial charge in [0, 0.05) is 17.0 Å². The molecule has 0 bridgehead atoms. The second-order valence-electron chi connectivity index (χ2n) is 5.93. The van der Waals surface area contributed by atoms with E-state index in [0.29, 0.717) is 39.2 Å². The highest BCUT2D eigenvalue weighted by atomic mass is 35.5. The lowest BCUT2D eigenvalue weighted by Crippen LogP contribution is -2.21. The van der Waals surface area contributed by atoms with Crippen molar-refractivity contribution in [1.82, 2.24) is 29.5 Å². The molecule has 10 heteroatoms. The Morgan fingerprint density at radius 1 is 1.26 bits per heavy atom. The largest absolute Gasteiger partial charge is 0.337 e. The molecule has 0 aliphatic carbocycles. The highest BCUT2D eigenvalue weighted by Gasteiger charge is 2.14. The summed E-state index contributed by atoms with van der Waals surface area (Å²) >= 11 is 7.46. The van der Waals surface area contributed by atoms with Crippen molar-refractivity contribution < 1.29 is 4.52 Å². The Hall–Kier alpha value is -2.65. The van der Waals surface area contributed by atoms with Crippen LogP contribution in [0.4, 0.5) is 0 Å². The topological polar surface area (TPSA) is 91.6 Å². The van der Waals surface area contributed by atoms with Gasteiger partial charge in [0.05, 0.1) is 11.4 Å². The predicted molar refractivity (Wildman–Crippen MR) is 102 cm³/mol. The lowest BCUT2D eigenvalue weighted by molar-refractivity contribution is 0.366. The van der Waals surface area contributed by atoms with Crippen molar-refractivity contribution in [3.05, 3.63) is 63.4 Å². The summed E-state index contributed by atoms with van der Waals surface area (Å²) in [5.41, 5.74) is 1.02. The molecule has 3 heterocycles. The fourth-order valence-electron chi connectivity index (χ4n) is 2.71. The summed E-state index contributed by atoms with van der Waals surface area (Å²) in [7, 11) is 1.76. The first-order valence-electron chi connectivity index (χ1n) is 8.10. The van der Waals surface area contributed by atoms with E-state index >= 15 is 0 Å². The number of hydrogen-bond acceptors (Lipinski definition) is 7. The van der Waals surface area contributed by atoms with E-state index in [-0.39, 0.29) is 12.1 Å². The molecule has 138 valence electrons. The fourth-order valence-corrected chi connectivity index (χ4v) is 3.58. The third-order valence-electron chi connectivity index (χ3n) is 3.98. The molecule has 0 amide bonds. The normalized spacial score (nSPS) is 11.4. The van der Waals surface area contributed by atoms with E-state index in [2.05, 4.69) is 20.2 Å². The molecule has 0 N–H and O–H groups in total. The van der Waals surface area contributed by atoms with Crippen molar-refractivity contribution in [2.24, 2.45) is 7.05 Å². The number of halogens is 1. The molecule has 0 saturated heterocycles. The van der Waals surface area contributed by atoms with Crippen LogP contribution in [0.5, 0.6) is 0 Å². The van der Waals surface area contributed by atoms with Gasteiger partial charge < -0.3 is 4.52 Å². The molecule has 0 fully saturated rings. The van der Waals surface area contributed by atoms with Crippen molar-refractivity contribution in [3.8, 4) is 0 Å². The highest BCUT2D eigenvalue weighted by molar-refractivity contribution is 7.98. The maximum atomic E-state index is 12.7. The van der Waals surface area contributed by atoms with Crippen LogP contribution in [0, 0.1) is 6.92 Å². The Morgan fingerprint density at radius 2 is 2.04 bits per heavy atom. The number of thioether (sulfide) groups is 1. The maximum absolute atomic E-state index is 12.7. The minimum atomic E-state index is -0.180. The first-order valence-corrected chi connectivity index (χ1v) is 9.46. The van der Waals surface area contributed by atoms with Gasteiger partial charge in [-0.3, -0.25) is 9.36 Å². The van der Waals surface area contributed by atoms with E-state index < -0.39 is 0 Å². The second-order valence-corrected chi connectivity index (χ2v) is 7.42. The Bertz CT molecular complexity index is 1160. The SMILES string of the molecule is Cc1nn(C)c2ncn(Cc3nc(CSc4ccc(Cl)cc4)no3)c(=O)c12. The summed E-state index contributed by atoms with van der Waals surface area (Å²) in [6, 6.07) is 7.54. The van der Waals surface area contributed by atoms with E-state index in [1.54, 1.807) is 30.4 Å². The van der Waals surface area contributed by atoms with E-state index in [9.17, 15) is 4.79 Å². The summed E-state index contributed by atoms with van der Waals surface area (Å²) in [4.78, 5) is 22.4. The monoisotopic (exact) mass is 402 g/mol. The number of benzene rings is 1. The molecule has 0 unspecified atom stereocenters. The van der Waals surface area contributed by atoms with Gasteiger partial charge in [0.1, 0.15) is 18.3 Å². The number of rotatable bonds is 5. The third kappa shape index (κ3) is 3.60. The molecule has 4 rings (SSSR count). The summed E-state index contributed by atoms with van der Waals surface area (Å²) in [6.07, 6.45) is 1.47. The van der Waals surface area contributed by atoms with Crippen LogP contribution in [0.3, 0.4) is 0 Å². The first-order chi connectivity index (χ1) is 13.0. The molecule has 0 aliphatic heterocycles. The van der Waals surface area contributed by atoms with Crippen molar-refractivity contribution in [3.63, 3.8) is 0 Å². The zero-order chi connectivity index (χ0) is 19.0. The Balaban J connectivity index is 1.50. The van der Waals surface area contributed by atoms with E-state index in [1.807, 2.05) is 24.3 Å². The molecule has 27 heavy (non-hydrogen) atoms. The Morgan fingerprint density at radius 3 is 2.81 bits per heavy atom. The number of aryl methyl sites for hydroxylation is 2. The number of hydrogen-bond donors (Lipinski definition) is 0. The van der Waals surface area contributed by atoms with Gasteiger partial charge in [-0.05, 0) is 31.2 Å². The van der Waals surface area contributed by atoms with Crippen LogP contribution in [0.15, 0.2) is 44.8 Å². The van der Waals surface area contributed by atoms with Gasteiger partial charge in [0.15, 0.2) is 11.5 Å². The van der Waals surface area contributed by atoms with Gasteiger partial charge in [-0.25, -0.2) is 9.67 Å². The lowest BCUT2D eigenvalue weighted by atomic mass is 10.3. The standard InChI is InChI=1S/C17H15ClN6O2S/c1-10-15-16(23(2)21-10)19-9-24(17(15)25)7-14-20-13(22-26-14)8-27-12-5-3-11(18)4-6-12/h3-6,9H,7-8H2,1-2H3. The van der Waals surface area contributed by atoms with Crippen molar-refractivity contribution in [1.29, 1.82) is 0 Å². The fraction of sp³-hybridized carbons (Fsp3) is 0.235. The van der Waals surface area contributed by atoms with Gasteiger partial charge in [-0.1, -0.05) is 16.8 Å². The van der Waals surface area contributed by atoms with Crippen molar-refractivity contribution in [2.75, 3.05) is 0 Å². The van der Waals surface area contributed by atoms with Crippen LogP contribution in [-0.4, -0.2) is 29.5 Å². The van der Waals surface area contributed by atoms with Crippen LogP contribution in [0.2, 0.25) is 5.02 Å². The lowest BCUT2D eigenvalue weighted by Gasteiger charge is -2.01. The smallest absolute Gasteiger partial charge is 0.265 e. The van der Waals surface area contributed by atoms with Crippen LogP contribution >= 0.6 is 23.4 Å². The second kappa shape index (κ2) is 7.16. The molecule has 8 nitrogen and oxygen atoms in total. The van der Waals surface area contributed by atoms with E-state index in [1.165, 1.54) is 10.9 Å². The Labute approximate surface area is 163 Å². The minimum absolute atomic E-state index is 0.161. The molecule has 1 aromatic carbocycles. The average Bonchev–Trinajstić information content (AvgIpc) is 3.21. The van der Waals surface area contributed by atoms with E-state index in [4.69, 9.17) is 16.1 Å². The molecule has 0 spiro atoms. The average molecular weight is 403 g/mol. The van der Waals surface area contributed by atoms with Gasteiger partial charge in [0.25, 0.3) is 5.56 Å². The number of fused-ring (bicyclic) bond motifs is 1. The summed E-state index contributed by atoms with van der Waals surface area (Å²) in [5.74, 6) is 1.47. The molecule has 0 aliphatic rings. The summed E-state index contributed by atoms with van der Waals surface area (Å²) in [6.45, 7) is 1.95. The maximum Gasteiger partial charge on any atom is 0.265 e. The molecular formula is C17H15ClN6O2S. The van der Waals surface area contributed by atoms with Gasteiger partial charge in [-0.2, -0.15) is 10.1 Å². The van der Waals surface area contributed by atoms with Gasteiger partial charge in [0.2, 0.25) is 5.89 Å². The first kappa shape index (κ1) is 17.7. The van der Waals surface area contributed by atoms with Gasteiger partial charge in [-0.15, -0.1) is 11.8 Å². The molecular weight excluding hydrogens is 388 g/mol. The molecule has 0 atom stereocenters. The Kier molecular flexibility index (Phi) is 4.71. The highest BCUT2D eigenvalue weighted by Crippen LogP contribution is 2.23. The molecule has 0 saturated carbocycles. The summed E-state index contributed by atoms with van der Waals surface area (Å²) < 4.78 is 8.31. The molecule has 3 aromatic heterocycles. The predicted octanol–water partition coefficient (Wildman–Crippen LogP) is 2.82. The summed E-state index contributed by atoms with van der Waals surface area (Å²) in [5, 5.41) is 9.41. The van der Waals surface area contributed by atoms with Crippen LogP contribution in [-0.2, 0) is 19.3 Å². The van der Waals surface area contributed by atoms with Crippen molar-refractivity contribution >= 4 is 34.4 Å². The number of aromatic nitrogens is 6. The minimum Gasteiger partial charge on any atom is -0.337 e. The zero-order valence-electron chi connectivity index (χ0n) is 14.6. The number of nitrogens with zero attached hydrogens (tertiary/aromatic N) is 6. The van der Waals surface area contributed by atoms with Crippen molar-refractivity contribution in [2.45, 2.75) is 24.1 Å². The molecule has 0 radical (unpaired) electrons. The van der Waals surface area contributed by atoms with Gasteiger partial charge >= 0.3 is 0 Å².